The molecule has 4 nitrogen and oxygen atoms in total. The molecule has 0 fully saturated rings. The quantitative estimate of drug-likeness (QED) is 0.114. The molecule has 0 saturated carbocycles. The Kier molecular flexibility index (Phi) is 8.84. The maximum atomic E-state index is 10.9. The van der Waals surface area contributed by atoms with Crippen LogP contribution < -0.4 is 4.90 Å². The molecule has 0 atom stereocenters. The number of anilines is 3. The van der Waals surface area contributed by atoms with E-state index in [0.717, 1.165) is 33.8 Å². The second-order valence-corrected chi connectivity index (χ2v) is 9.49. The number of hydrogen-bond acceptors (Lipinski definition) is 3. The van der Waals surface area contributed by atoms with Crippen molar-refractivity contribution in [1.29, 1.82) is 5.26 Å². The standard InChI is InChI=1S/C38H28N2O2/c39-28-34(38(41)42)15-9-1-4-10-29-16-22-35(23-17-29)40(36-24-18-32(19-25-36)30-11-5-2-6-12-30)37-26-20-33(21-27-37)31-13-7-3-8-14-31/h1-27H,(H,41,42)/b9-1+,10-4+,34-15+. The van der Waals surface area contributed by atoms with Gasteiger partial charge in [-0.1, -0.05) is 121 Å². The molecule has 0 bridgehead atoms. The zero-order valence-electron chi connectivity index (χ0n) is 22.8. The van der Waals surface area contributed by atoms with Crippen LogP contribution in [0.5, 0.6) is 0 Å². The first-order valence-electron chi connectivity index (χ1n) is 13.5. The van der Waals surface area contributed by atoms with Crippen molar-refractivity contribution in [3.63, 3.8) is 0 Å². The van der Waals surface area contributed by atoms with E-state index in [2.05, 4.69) is 89.8 Å². The van der Waals surface area contributed by atoms with E-state index in [-0.39, 0.29) is 5.57 Å². The van der Waals surface area contributed by atoms with Crippen LogP contribution in [0.1, 0.15) is 5.56 Å². The van der Waals surface area contributed by atoms with Gasteiger partial charge in [-0.2, -0.15) is 5.26 Å². The molecule has 5 aromatic rings. The van der Waals surface area contributed by atoms with Gasteiger partial charge in [0.1, 0.15) is 11.6 Å². The van der Waals surface area contributed by atoms with Crippen LogP contribution in [0, 0.1) is 11.3 Å². The number of rotatable bonds is 9. The summed E-state index contributed by atoms with van der Waals surface area (Å²) in [4.78, 5) is 13.2. The van der Waals surface area contributed by atoms with E-state index < -0.39 is 5.97 Å². The maximum absolute atomic E-state index is 10.9. The van der Waals surface area contributed by atoms with Crippen molar-refractivity contribution in [2.45, 2.75) is 0 Å². The summed E-state index contributed by atoms with van der Waals surface area (Å²) < 4.78 is 0. The predicted octanol–water partition coefficient (Wildman–Crippen LogP) is 9.59. The van der Waals surface area contributed by atoms with Gasteiger partial charge in [-0.15, -0.1) is 0 Å². The van der Waals surface area contributed by atoms with E-state index >= 15 is 0 Å². The van der Waals surface area contributed by atoms with Crippen LogP contribution in [0.15, 0.2) is 163 Å². The summed E-state index contributed by atoms with van der Waals surface area (Å²) >= 11 is 0. The molecule has 0 aromatic heterocycles. The van der Waals surface area contributed by atoms with Crippen LogP contribution in [0.4, 0.5) is 17.1 Å². The van der Waals surface area contributed by atoms with Gasteiger partial charge in [0.15, 0.2) is 0 Å². The van der Waals surface area contributed by atoms with Crippen molar-refractivity contribution < 1.29 is 9.90 Å². The van der Waals surface area contributed by atoms with Gasteiger partial charge in [0.2, 0.25) is 0 Å². The minimum Gasteiger partial charge on any atom is -0.477 e. The normalized spacial score (nSPS) is 11.5. The van der Waals surface area contributed by atoms with Gasteiger partial charge in [0.05, 0.1) is 0 Å². The van der Waals surface area contributed by atoms with E-state index in [1.807, 2.05) is 60.7 Å². The van der Waals surface area contributed by atoms with Gasteiger partial charge in [0, 0.05) is 17.1 Å². The molecule has 0 radical (unpaired) electrons. The molecule has 0 saturated heterocycles. The first-order chi connectivity index (χ1) is 20.6. The number of carboxylic acids is 1. The molecule has 202 valence electrons. The predicted molar refractivity (Wildman–Crippen MR) is 172 cm³/mol. The van der Waals surface area contributed by atoms with Crippen molar-refractivity contribution >= 4 is 29.1 Å². The van der Waals surface area contributed by atoms with Crippen molar-refractivity contribution in [3.05, 3.63) is 169 Å². The van der Waals surface area contributed by atoms with E-state index in [0.29, 0.717) is 0 Å². The number of nitriles is 1. The van der Waals surface area contributed by atoms with E-state index in [1.54, 1.807) is 12.1 Å². The minimum absolute atomic E-state index is 0.308. The number of allylic oxidation sites excluding steroid dienone is 4. The highest BCUT2D eigenvalue weighted by Gasteiger charge is 2.13. The summed E-state index contributed by atoms with van der Waals surface area (Å²) in [6.07, 6.45) is 8.25. The van der Waals surface area contributed by atoms with Crippen molar-refractivity contribution in [3.8, 4) is 28.3 Å². The lowest BCUT2D eigenvalue weighted by molar-refractivity contribution is -0.132. The zero-order valence-corrected chi connectivity index (χ0v) is 22.8. The number of aliphatic carboxylic acids is 1. The fourth-order valence-corrected chi connectivity index (χ4v) is 4.59. The molecule has 0 aliphatic carbocycles. The fraction of sp³-hybridized carbons (Fsp3) is 0. The number of benzene rings is 5. The first kappa shape index (κ1) is 27.6. The lowest BCUT2D eigenvalue weighted by Gasteiger charge is -2.26. The third-order valence-electron chi connectivity index (χ3n) is 6.74. The molecular formula is C38H28N2O2. The molecule has 0 amide bonds. The Morgan fingerprint density at radius 3 is 1.43 bits per heavy atom. The minimum atomic E-state index is -1.24. The van der Waals surface area contributed by atoms with Gasteiger partial charge in [-0.3, -0.25) is 0 Å². The average Bonchev–Trinajstić information content (AvgIpc) is 3.05. The number of carboxylic acid groups (broad SMARTS) is 1. The van der Waals surface area contributed by atoms with Crippen molar-refractivity contribution in [2.24, 2.45) is 0 Å². The average molecular weight is 545 g/mol. The van der Waals surface area contributed by atoms with E-state index in [9.17, 15) is 4.79 Å². The smallest absolute Gasteiger partial charge is 0.346 e. The fourth-order valence-electron chi connectivity index (χ4n) is 4.59. The Balaban J connectivity index is 1.43. The summed E-state index contributed by atoms with van der Waals surface area (Å²) in [6, 6.07) is 47.8. The summed E-state index contributed by atoms with van der Waals surface area (Å²) in [5.41, 5.74) is 8.47. The monoisotopic (exact) mass is 544 g/mol. The van der Waals surface area contributed by atoms with Crippen LogP contribution in [-0.4, -0.2) is 11.1 Å². The summed E-state index contributed by atoms with van der Waals surface area (Å²) in [6.45, 7) is 0. The van der Waals surface area contributed by atoms with Gasteiger partial charge >= 0.3 is 5.97 Å². The van der Waals surface area contributed by atoms with Crippen LogP contribution in [-0.2, 0) is 4.79 Å². The molecule has 0 aliphatic heterocycles. The molecule has 5 rings (SSSR count). The molecule has 5 aromatic carbocycles. The third kappa shape index (κ3) is 6.80. The summed E-state index contributed by atoms with van der Waals surface area (Å²) in [7, 11) is 0. The first-order valence-corrected chi connectivity index (χ1v) is 13.5. The van der Waals surface area contributed by atoms with Gasteiger partial charge in [0.25, 0.3) is 0 Å². The van der Waals surface area contributed by atoms with Crippen molar-refractivity contribution in [1.82, 2.24) is 0 Å². The molecule has 0 aliphatic rings. The molecule has 0 spiro atoms. The van der Waals surface area contributed by atoms with Gasteiger partial charge < -0.3 is 10.0 Å². The molecule has 1 N–H and O–H groups in total. The second kappa shape index (κ2) is 13.4. The SMILES string of the molecule is N#C\C(=C/C=C/C=C/c1ccc(N(c2ccc(-c3ccccc3)cc2)c2ccc(-c3ccccc3)cc2)cc1)C(=O)O. The van der Waals surface area contributed by atoms with E-state index in [1.165, 1.54) is 23.3 Å². The zero-order chi connectivity index (χ0) is 29.1. The van der Waals surface area contributed by atoms with Gasteiger partial charge in [-0.05, 0) is 70.3 Å². The third-order valence-corrected chi connectivity index (χ3v) is 6.74. The lowest BCUT2D eigenvalue weighted by atomic mass is 10.0. The van der Waals surface area contributed by atoms with Crippen LogP contribution in [0.2, 0.25) is 0 Å². The van der Waals surface area contributed by atoms with Crippen LogP contribution >= 0.6 is 0 Å². The Labute approximate surface area is 246 Å². The van der Waals surface area contributed by atoms with Crippen LogP contribution in [0.3, 0.4) is 0 Å². The Morgan fingerprint density at radius 1 is 0.571 bits per heavy atom. The largest absolute Gasteiger partial charge is 0.477 e. The molecule has 0 heterocycles. The second-order valence-electron chi connectivity index (χ2n) is 9.49. The molecular weight excluding hydrogens is 516 g/mol. The van der Waals surface area contributed by atoms with E-state index in [4.69, 9.17) is 10.4 Å². The molecule has 4 heteroatoms. The Bertz CT molecular complexity index is 1680. The van der Waals surface area contributed by atoms with Crippen LogP contribution in [0.25, 0.3) is 28.3 Å². The highest BCUT2D eigenvalue weighted by atomic mass is 16.4. The highest BCUT2D eigenvalue weighted by molar-refractivity contribution is 5.91. The Morgan fingerprint density at radius 2 is 1.00 bits per heavy atom. The maximum Gasteiger partial charge on any atom is 0.346 e. The number of nitrogens with zero attached hydrogens (tertiary/aromatic N) is 2. The molecule has 0 unspecified atom stereocenters. The van der Waals surface area contributed by atoms with Gasteiger partial charge in [-0.25, -0.2) is 4.79 Å². The summed E-state index contributed by atoms with van der Waals surface area (Å²) in [5.74, 6) is -1.24. The van der Waals surface area contributed by atoms with Crippen molar-refractivity contribution in [2.75, 3.05) is 4.90 Å². The highest BCUT2D eigenvalue weighted by Crippen LogP contribution is 2.36. The Hall–Kier alpha value is -5.92. The number of hydrogen-bond donors (Lipinski definition) is 1. The topological polar surface area (TPSA) is 64.3 Å². The summed E-state index contributed by atoms with van der Waals surface area (Å²) in [5, 5.41) is 17.8. The number of carbonyl (C=O) groups is 1. The lowest BCUT2D eigenvalue weighted by Crippen LogP contribution is -2.09. The molecule has 42 heavy (non-hydrogen) atoms.